The molecular weight excluding hydrogens is 96.1 g/mol. The van der Waals surface area contributed by atoms with E-state index in [1.165, 1.54) is 11.9 Å². The second-order valence-corrected chi connectivity index (χ2v) is 1.30. The Morgan fingerprint density at radius 1 is 1.67 bits per heavy atom. The molecule has 0 bridgehead atoms. The van der Waals surface area contributed by atoms with E-state index in [9.17, 15) is 0 Å². The van der Waals surface area contributed by atoms with Gasteiger partial charge in [0.1, 0.15) is 6.54 Å². The Hall–Kier alpha value is -0.490. The Labute approximate surface area is 40.2 Å². The molecule has 1 rings (SSSR count). The van der Waals surface area contributed by atoms with E-state index < -0.39 is 0 Å². The van der Waals surface area contributed by atoms with Crippen LogP contribution in [-0.4, -0.2) is 6.54 Å². The second kappa shape index (κ2) is 1.83. The molecule has 0 fully saturated rings. The van der Waals surface area contributed by atoms with Gasteiger partial charge in [-0.15, -0.1) is 4.52 Å². The number of hydrogen-bond donors (Lipinski definition) is 0. The second-order valence-electron chi connectivity index (χ2n) is 0.751. The molecule has 0 spiro atoms. The van der Waals surface area contributed by atoms with Crippen molar-refractivity contribution >= 4 is 11.9 Å². The average molecular weight is 98.1 g/mol. The summed E-state index contributed by atoms with van der Waals surface area (Å²) in [6, 6.07) is 0. The van der Waals surface area contributed by atoms with Crippen molar-refractivity contribution in [1.82, 2.24) is 0 Å². The van der Waals surface area contributed by atoms with Gasteiger partial charge in [-0.05, 0) is 5.25 Å². The van der Waals surface area contributed by atoms with Crippen LogP contribution in [0.3, 0.4) is 0 Å². The fraction of sp³-hybridized carbons (Fsp3) is 0.333. The number of hydrogen-bond acceptors (Lipinski definition) is 3. The standard InChI is InChI=1S/C3H2N2S/c1-2-4-5-6-3-1/h2H2. The van der Waals surface area contributed by atoms with Crippen molar-refractivity contribution in [3.8, 4) is 11.2 Å². The summed E-state index contributed by atoms with van der Waals surface area (Å²) in [6.45, 7) is 0.576. The third-order valence-electron chi connectivity index (χ3n) is 0.366. The van der Waals surface area contributed by atoms with E-state index >= 15 is 0 Å². The largest absolute Gasteiger partial charge is 0.168 e. The zero-order chi connectivity index (χ0) is 4.24. The van der Waals surface area contributed by atoms with E-state index in [2.05, 4.69) is 20.8 Å². The van der Waals surface area contributed by atoms with Crippen molar-refractivity contribution in [3.05, 3.63) is 0 Å². The molecular formula is C3H2N2S. The molecule has 2 nitrogen and oxygen atoms in total. The van der Waals surface area contributed by atoms with E-state index in [1.54, 1.807) is 0 Å². The van der Waals surface area contributed by atoms with Gasteiger partial charge < -0.3 is 0 Å². The maximum atomic E-state index is 3.59. The summed E-state index contributed by atoms with van der Waals surface area (Å²) in [4.78, 5) is 0. The molecule has 0 saturated heterocycles. The molecule has 0 radical (unpaired) electrons. The molecule has 0 aromatic heterocycles. The lowest BCUT2D eigenvalue weighted by molar-refractivity contribution is 1.15. The molecule has 0 N–H and O–H groups in total. The first kappa shape index (κ1) is 3.69. The molecule has 0 atom stereocenters. The van der Waals surface area contributed by atoms with Crippen LogP contribution in [-0.2, 0) is 0 Å². The van der Waals surface area contributed by atoms with Crippen LogP contribution in [0.2, 0.25) is 0 Å². The normalized spacial score (nSPS) is 16.0. The van der Waals surface area contributed by atoms with Gasteiger partial charge in [0.15, 0.2) is 0 Å². The van der Waals surface area contributed by atoms with E-state index in [-0.39, 0.29) is 0 Å². The summed E-state index contributed by atoms with van der Waals surface area (Å²) in [7, 11) is 0. The molecule has 0 unspecified atom stereocenters. The van der Waals surface area contributed by atoms with Crippen LogP contribution in [0.5, 0.6) is 0 Å². The van der Waals surface area contributed by atoms with Gasteiger partial charge in [0.2, 0.25) is 0 Å². The molecule has 0 aromatic carbocycles. The molecule has 1 aliphatic heterocycles. The molecule has 1 aliphatic rings. The predicted octanol–water partition coefficient (Wildman–Crippen LogP) is 1.06. The minimum absolute atomic E-state index is 0.576. The van der Waals surface area contributed by atoms with Gasteiger partial charge in [0.05, 0.1) is 11.9 Å². The van der Waals surface area contributed by atoms with Crippen molar-refractivity contribution in [2.75, 3.05) is 6.54 Å². The quantitative estimate of drug-likeness (QED) is 0.328. The predicted molar refractivity (Wildman–Crippen MR) is 25.1 cm³/mol. The van der Waals surface area contributed by atoms with Crippen LogP contribution in [0.1, 0.15) is 0 Å². The third-order valence-corrected chi connectivity index (χ3v) is 0.799. The van der Waals surface area contributed by atoms with E-state index in [0.29, 0.717) is 6.54 Å². The lowest BCUT2D eigenvalue weighted by atomic mass is 10.7. The summed E-state index contributed by atoms with van der Waals surface area (Å²) in [5.41, 5.74) is 0. The molecule has 3 heteroatoms. The minimum atomic E-state index is 0.576. The minimum Gasteiger partial charge on any atom is -0.168 e. The van der Waals surface area contributed by atoms with Crippen LogP contribution in [0.25, 0.3) is 0 Å². The first-order chi connectivity index (χ1) is 3.00. The van der Waals surface area contributed by atoms with Gasteiger partial charge in [-0.3, -0.25) is 0 Å². The molecule has 0 saturated carbocycles. The molecule has 6 heavy (non-hydrogen) atoms. The lowest BCUT2D eigenvalue weighted by Crippen LogP contribution is -1.69. The highest BCUT2D eigenvalue weighted by Crippen LogP contribution is 2.01. The Morgan fingerprint density at radius 3 is 2.83 bits per heavy atom. The van der Waals surface area contributed by atoms with E-state index in [0.717, 1.165) is 0 Å². The van der Waals surface area contributed by atoms with Gasteiger partial charge >= 0.3 is 0 Å². The van der Waals surface area contributed by atoms with Crippen LogP contribution >= 0.6 is 11.9 Å². The maximum absolute atomic E-state index is 3.59. The number of nitrogens with zero attached hydrogens (tertiary/aromatic N) is 2. The molecule has 0 aliphatic carbocycles. The molecule has 30 valence electrons. The third kappa shape index (κ3) is 0.728. The van der Waals surface area contributed by atoms with Crippen LogP contribution in [0.4, 0.5) is 0 Å². The molecule has 0 amide bonds. The van der Waals surface area contributed by atoms with Crippen LogP contribution < -0.4 is 0 Å². The van der Waals surface area contributed by atoms with Crippen LogP contribution in [0, 0.1) is 11.2 Å². The summed E-state index contributed by atoms with van der Waals surface area (Å²) in [5.74, 6) is 2.74. The first-order valence-electron chi connectivity index (χ1n) is 1.51. The summed E-state index contributed by atoms with van der Waals surface area (Å²) in [5, 5.41) is 6.28. The van der Waals surface area contributed by atoms with Crippen molar-refractivity contribution in [3.63, 3.8) is 0 Å². The fourth-order valence-electron chi connectivity index (χ4n) is 0.178. The molecule has 1 heterocycles. The smallest absolute Gasteiger partial charge is 0.123 e. The molecule has 0 aromatic rings. The van der Waals surface area contributed by atoms with E-state index in [1.807, 2.05) is 0 Å². The van der Waals surface area contributed by atoms with E-state index in [4.69, 9.17) is 0 Å². The Balaban J connectivity index is 2.51. The Morgan fingerprint density at radius 2 is 2.67 bits per heavy atom. The van der Waals surface area contributed by atoms with Gasteiger partial charge in [-0.2, -0.15) is 5.11 Å². The van der Waals surface area contributed by atoms with Crippen LogP contribution in [0.15, 0.2) is 9.63 Å². The van der Waals surface area contributed by atoms with Crippen molar-refractivity contribution in [2.24, 2.45) is 9.63 Å². The topological polar surface area (TPSA) is 24.7 Å². The van der Waals surface area contributed by atoms with Crippen molar-refractivity contribution < 1.29 is 0 Å². The summed E-state index contributed by atoms with van der Waals surface area (Å²) >= 11 is 1.19. The Kier molecular flexibility index (Phi) is 1.13. The maximum Gasteiger partial charge on any atom is 0.123 e. The lowest BCUT2D eigenvalue weighted by Gasteiger charge is -1.79. The van der Waals surface area contributed by atoms with Gasteiger partial charge in [0, 0.05) is 0 Å². The highest BCUT2D eigenvalue weighted by Gasteiger charge is 1.77. The first-order valence-corrected chi connectivity index (χ1v) is 2.28. The highest BCUT2D eigenvalue weighted by molar-refractivity contribution is 8.02. The summed E-state index contributed by atoms with van der Waals surface area (Å²) in [6.07, 6.45) is 0. The zero-order valence-corrected chi connectivity index (χ0v) is 3.83. The fourth-order valence-corrected chi connectivity index (χ4v) is 0.463. The SMILES string of the molecule is C1#CSN=NC1. The Bertz CT molecular complexity index is 106. The zero-order valence-electron chi connectivity index (χ0n) is 3.01. The monoisotopic (exact) mass is 98.0 g/mol. The highest BCUT2D eigenvalue weighted by atomic mass is 32.2. The number of rotatable bonds is 0. The van der Waals surface area contributed by atoms with Gasteiger partial charge in [0.25, 0.3) is 0 Å². The van der Waals surface area contributed by atoms with Gasteiger partial charge in [-0.25, -0.2) is 0 Å². The van der Waals surface area contributed by atoms with Crippen molar-refractivity contribution in [2.45, 2.75) is 0 Å². The average Bonchev–Trinajstić information content (AvgIpc) is 1.72. The van der Waals surface area contributed by atoms with Crippen molar-refractivity contribution in [1.29, 1.82) is 0 Å². The van der Waals surface area contributed by atoms with Gasteiger partial charge in [-0.1, -0.05) is 5.92 Å². The summed E-state index contributed by atoms with van der Waals surface area (Å²) < 4.78 is 3.55.